The summed E-state index contributed by atoms with van der Waals surface area (Å²) >= 11 is 6.03. The molecule has 1 aromatic carbocycles. The maximum absolute atomic E-state index is 12.1. The van der Waals surface area contributed by atoms with Gasteiger partial charge in [0.05, 0.1) is 10.6 Å². The molecule has 0 radical (unpaired) electrons. The van der Waals surface area contributed by atoms with Gasteiger partial charge < -0.3 is 5.32 Å². The Morgan fingerprint density at radius 1 is 1.18 bits per heavy atom. The molecule has 2 fully saturated rings. The molecule has 0 aromatic heterocycles. The van der Waals surface area contributed by atoms with Crippen molar-refractivity contribution in [1.29, 1.82) is 0 Å². The van der Waals surface area contributed by atoms with Crippen molar-refractivity contribution >= 4 is 17.5 Å². The first-order valence-electron chi connectivity index (χ1n) is 6.31. The number of halogens is 1. The SMILES string of the molecule is O=C(NC(C1CC1)C1CC1)c1ccccc1Cl. The molecule has 0 bridgehead atoms. The molecule has 17 heavy (non-hydrogen) atoms. The van der Waals surface area contributed by atoms with Crippen LogP contribution in [-0.4, -0.2) is 11.9 Å². The molecule has 90 valence electrons. The first kappa shape index (κ1) is 11.1. The number of rotatable bonds is 4. The van der Waals surface area contributed by atoms with Gasteiger partial charge in [0.15, 0.2) is 0 Å². The minimum Gasteiger partial charge on any atom is -0.349 e. The molecule has 3 heteroatoms. The highest BCUT2D eigenvalue weighted by Gasteiger charge is 2.42. The van der Waals surface area contributed by atoms with Crippen LogP contribution in [0.2, 0.25) is 5.02 Å². The van der Waals surface area contributed by atoms with E-state index in [2.05, 4.69) is 5.32 Å². The van der Waals surface area contributed by atoms with E-state index in [0.29, 0.717) is 28.5 Å². The van der Waals surface area contributed by atoms with Crippen LogP contribution in [0.3, 0.4) is 0 Å². The van der Waals surface area contributed by atoms with Gasteiger partial charge in [-0.1, -0.05) is 23.7 Å². The second-order valence-electron chi connectivity index (χ2n) is 5.15. The van der Waals surface area contributed by atoms with Crippen LogP contribution in [0.5, 0.6) is 0 Å². The zero-order valence-corrected chi connectivity index (χ0v) is 10.4. The number of benzene rings is 1. The zero-order valence-electron chi connectivity index (χ0n) is 9.66. The van der Waals surface area contributed by atoms with Crippen LogP contribution in [0.1, 0.15) is 36.0 Å². The summed E-state index contributed by atoms with van der Waals surface area (Å²) in [5, 5.41) is 3.71. The van der Waals surface area contributed by atoms with Crippen molar-refractivity contribution in [2.75, 3.05) is 0 Å². The second-order valence-corrected chi connectivity index (χ2v) is 5.56. The molecule has 2 nitrogen and oxygen atoms in total. The van der Waals surface area contributed by atoms with Crippen LogP contribution < -0.4 is 5.32 Å². The lowest BCUT2D eigenvalue weighted by Crippen LogP contribution is -2.38. The average Bonchev–Trinajstić information content (AvgIpc) is 3.16. The molecule has 0 heterocycles. The van der Waals surface area contributed by atoms with E-state index in [1.54, 1.807) is 12.1 Å². The summed E-state index contributed by atoms with van der Waals surface area (Å²) in [6.45, 7) is 0. The van der Waals surface area contributed by atoms with Gasteiger partial charge >= 0.3 is 0 Å². The predicted octanol–water partition coefficient (Wildman–Crippen LogP) is 3.26. The van der Waals surface area contributed by atoms with Gasteiger partial charge in [0.2, 0.25) is 0 Å². The van der Waals surface area contributed by atoms with Gasteiger partial charge in [-0.3, -0.25) is 4.79 Å². The second kappa shape index (κ2) is 4.34. The first-order chi connectivity index (χ1) is 8.25. The van der Waals surface area contributed by atoms with E-state index in [0.717, 1.165) is 0 Å². The lowest BCUT2D eigenvalue weighted by atomic mass is 10.1. The van der Waals surface area contributed by atoms with E-state index >= 15 is 0 Å². The summed E-state index contributed by atoms with van der Waals surface area (Å²) in [4.78, 5) is 12.1. The smallest absolute Gasteiger partial charge is 0.253 e. The Balaban J connectivity index is 1.71. The number of nitrogens with one attached hydrogen (secondary N) is 1. The highest BCUT2D eigenvalue weighted by molar-refractivity contribution is 6.33. The summed E-state index contributed by atoms with van der Waals surface area (Å²) in [5.74, 6) is 1.42. The fraction of sp³-hybridized carbons (Fsp3) is 0.500. The molecule has 0 spiro atoms. The van der Waals surface area contributed by atoms with Crippen molar-refractivity contribution in [3.8, 4) is 0 Å². The highest BCUT2D eigenvalue weighted by Crippen LogP contribution is 2.44. The maximum Gasteiger partial charge on any atom is 0.253 e. The Hall–Kier alpha value is -1.02. The monoisotopic (exact) mass is 249 g/mol. The normalized spacial score (nSPS) is 19.4. The summed E-state index contributed by atoms with van der Waals surface area (Å²) in [6.07, 6.45) is 5.07. The maximum atomic E-state index is 12.1. The van der Waals surface area contributed by atoms with Gasteiger partial charge in [0.1, 0.15) is 0 Å². The Morgan fingerprint density at radius 2 is 1.76 bits per heavy atom. The van der Waals surface area contributed by atoms with Crippen molar-refractivity contribution < 1.29 is 4.79 Å². The Morgan fingerprint density at radius 3 is 2.29 bits per heavy atom. The zero-order chi connectivity index (χ0) is 11.8. The number of hydrogen-bond acceptors (Lipinski definition) is 1. The summed E-state index contributed by atoms with van der Waals surface area (Å²) in [6, 6.07) is 7.63. The van der Waals surface area contributed by atoms with Gasteiger partial charge in [-0.05, 0) is 49.7 Å². The van der Waals surface area contributed by atoms with Gasteiger partial charge in [0.25, 0.3) is 5.91 Å². The third-order valence-corrected chi connectivity index (χ3v) is 4.01. The van der Waals surface area contributed by atoms with E-state index in [-0.39, 0.29) is 5.91 Å². The molecule has 0 unspecified atom stereocenters. The Kier molecular flexibility index (Phi) is 2.83. The lowest BCUT2D eigenvalue weighted by Gasteiger charge is -2.18. The predicted molar refractivity (Wildman–Crippen MR) is 68.2 cm³/mol. The van der Waals surface area contributed by atoms with Crippen LogP contribution >= 0.6 is 11.6 Å². The topological polar surface area (TPSA) is 29.1 Å². The molecule has 3 rings (SSSR count). The Labute approximate surface area is 106 Å². The molecule has 1 N–H and O–H groups in total. The number of amides is 1. The fourth-order valence-electron chi connectivity index (χ4n) is 2.41. The molecular weight excluding hydrogens is 234 g/mol. The van der Waals surface area contributed by atoms with Crippen molar-refractivity contribution in [1.82, 2.24) is 5.32 Å². The summed E-state index contributed by atoms with van der Waals surface area (Å²) < 4.78 is 0. The minimum absolute atomic E-state index is 0.0144. The number of carbonyl (C=O) groups excluding carboxylic acids is 1. The van der Waals surface area contributed by atoms with Gasteiger partial charge in [-0.15, -0.1) is 0 Å². The average molecular weight is 250 g/mol. The highest BCUT2D eigenvalue weighted by atomic mass is 35.5. The fourth-order valence-corrected chi connectivity index (χ4v) is 2.63. The molecule has 0 saturated heterocycles. The van der Waals surface area contributed by atoms with Crippen LogP contribution in [0.15, 0.2) is 24.3 Å². The molecule has 2 aliphatic rings. The van der Waals surface area contributed by atoms with Gasteiger partial charge in [-0.25, -0.2) is 0 Å². The standard InChI is InChI=1S/C14H16ClNO/c15-12-4-2-1-3-11(12)14(17)16-13(9-5-6-9)10-7-8-10/h1-4,9-10,13H,5-8H2,(H,16,17). The first-order valence-corrected chi connectivity index (χ1v) is 6.69. The van der Waals surface area contributed by atoms with Crippen molar-refractivity contribution in [2.24, 2.45) is 11.8 Å². The molecule has 2 aliphatic carbocycles. The van der Waals surface area contributed by atoms with E-state index in [1.165, 1.54) is 25.7 Å². The number of hydrogen-bond donors (Lipinski definition) is 1. The van der Waals surface area contributed by atoms with Crippen LogP contribution in [0.25, 0.3) is 0 Å². The molecular formula is C14H16ClNO. The third-order valence-electron chi connectivity index (χ3n) is 3.68. The van der Waals surface area contributed by atoms with Crippen molar-refractivity contribution in [3.05, 3.63) is 34.9 Å². The van der Waals surface area contributed by atoms with E-state index in [1.807, 2.05) is 12.1 Å². The molecule has 0 atom stereocenters. The van der Waals surface area contributed by atoms with E-state index in [9.17, 15) is 4.79 Å². The third kappa shape index (κ3) is 2.47. The van der Waals surface area contributed by atoms with Gasteiger partial charge in [0, 0.05) is 6.04 Å². The van der Waals surface area contributed by atoms with Gasteiger partial charge in [-0.2, -0.15) is 0 Å². The summed E-state index contributed by atoms with van der Waals surface area (Å²) in [5.41, 5.74) is 0.598. The van der Waals surface area contributed by atoms with Crippen molar-refractivity contribution in [3.63, 3.8) is 0 Å². The largest absolute Gasteiger partial charge is 0.349 e. The quantitative estimate of drug-likeness (QED) is 0.872. The molecule has 2 saturated carbocycles. The molecule has 0 aliphatic heterocycles. The van der Waals surface area contributed by atoms with Crippen molar-refractivity contribution in [2.45, 2.75) is 31.7 Å². The van der Waals surface area contributed by atoms with Crippen LogP contribution in [0.4, 0.5) is 0 Å². The van der Waals surface area contributed by atoms with E-state index < -0.39 is 0 Å². The minimum atomic E-state index is -0.0144. The lowest BCUT2D eigenvalue weighted by molar-refractivity contribution is 0.0926. The van der Waals surface area contributed by atoms with Crippen LogP contribution in [0, 0.1) is 11.8 Å². The number of carbonyl (C=O) groups is 1. The molecule has 1 amide bonds. The molecule has 1 aromatic rings. The summed E-state index contributed by atoms with van der Waals surface area (Å²) in [7, 11) is 0. The van der Waals surface area contributed by atoms with Crippen LogP contribution in [-0.2, 0) is 0 Å². The Bertz CT molecular complexity index is 426. The van der Waals surface area contributed by atoms with E-state index in [4.69, 9.17) is 11.6 Å².